The Balaban J connectivity index is 0.00000484. The third kappa shape index (κ3) is 8.89. The fraction of sp³-hybridized carbons (Fsp3) is 0.265. The van der Waals surface area contributed by atoms with Crippen molar-refractivity contribution in [2.45, 2.75) is 39.7 Å². The van der Waals surface area contributed by atoms with Gasteiger partial charge in [-0.2, -0.15) is 0 Å². The Morgan fingerprint density at radius 3 is 2.21 bits per heavy atom. The molecule has 222 valence electrons. The topological polar surface area (TPSA) is 75.2 Å². The minimum atomic E-state index is -0.0351. The predicted octanol–water partition coefficient (Wildman–Crippen LogP) is 3.94. The average molecular weight is 628 g/mol. The van der Waals surface area contributed by atoms with Crippen LogP contribution in [0.4, 0.5) is 0 Å². The molecular weight excluding hydrogens is 591 g/mol. The van der Waals surface area contributed by atoms with Gasteiger partial charge in [0.1, 0.15) is 19.0 Å². The molecule has 0 radical (unpaired) electrons. The molecular formula is C34H37Cl3N2O3. The Kier molecular flexibility index (Phi) is 12.6. The zero-order valence-electron chi connectivity index (χ0n) is 24.2. The molecule has 0 fully saturated rings. The van der Waals surface area contributed by atoms with Crippen LogP contribution in [0.3, 0.4) is 0 Å². The summed E-state index contributed by atoms with van der Waals surface area (Å²) in [5.41, 5.74) is 12.4. The van der Waals surface area contributed by atoms with Crippen molar-refractivity contribution in [3.8, 4) is 22.6 Å². The van der Waals surface area contributed by atoms with Crippen LogP contribution in [0, 0.1) is 13.8 Å². The lowest BCUT2D eigenvalue weighted by Crippen LogP contribution is -3.00. The zero-order chi connectivity index (χ0) is 29.4. The van der Waals surface area contributed by atoms with E-state index < -0.39 is 0 Å². The lowest BCUT2D eigenvalue weighted by atomic mass is 9.87. The lowest BCUT2D eigenvalue weighted by molar-refractivity contribution is -0.372. The van der Waals surface area contributed by atoms with Gasteiger partial charge >= 0.3 is 0 Å². The molecule has 0 spiro atoms. The molecule has 0 aliphatic carbocycles. The van der Waals surface area contributed by atoms with E-state index in [0.717, 1.165) is 41.0 Å². The first-order valence-electron chi connectivity index (χ1n) is 13.8. The van der Waals surface area contributed by atoms with E-state index in [1.165, 1.54) is 23.6 Å². The molecule has 1 atom stereocenters. The number of quaternary nitrogens is 1. The average Bonchev–Trinajstić information content (AvgIpc) is 2.95. The molecule has 0 aliphatic heterocycles. The number of rotatable bonds is 12. The number of aryl methyl sites for hydroxylation is 2. The van der Waals surface area contributed by atoms with Crippen molar-refractivity contribution in [2.24, 2.45) is 0 Å². The smallest absolute Gasteiger partial charge is 0.217 e. The van der Waals surface area contributed by atoms with Crippen molar-refractivity contribution in [3.05, 3.63) is 117 Å². The molecule has 0 bridgehead atoms. The summed E-state index contributed by atoms with van der Waals surface area (Å²) in [7, 11) is 0. The molecule has 4 aromatic rings. The number of benzene rings is 4. The largest absolute Gasteiger partial charge is 1.00 e. The number of amides is 1. The highest BCUT2D eigenvalue weighted by molar-refractivity contribution is 6.37. The van der Waals surface area contributed by atoms with Crippen LogP contribution in [-0.4, -0.2) is 25.7 Å². The van der Waals surface area contributed by atoms with E-state index in [-0.39, 0.29) is 18.3 Å². The predicted molar refractivity (Wildman–Crippen MR) is 167 cm³/mol. The van der Waals surface area contributed by atoms with Gasteiger partial charge in [-0.15, -0.1) is 0 Å². The molecule has 4 N–H and O–H groups in total. The van der Waals surface area contributed by atoms with Crippen molar-refractivity contribution in [3.63, 3.8) is 0 Å². The van der Waals surface area contributed by atoms with E-state index in [4.69, 9.17) is 32.7 Å². The van der Waals surface area contributed by atoms with Crippen LogP contribution in [0.15, 0.2) is 78.9 Å². The van der Waals surface area contributed by atoms with Gasteiger partial charge in [0.05, 0.1) is 16.6 Å². The first-order valence-corrected chi connectivity index (χ1v) is 14.5. The monoisotopic (exact) mass is 626 g/mol. The van der Waals surface area contributed by atoms with Gasteiger partial charge in [-0.3, -0.25) is 4.79 Å². The second kappa shape index (κ2) is 15.9. The lowest BCUT2D eigenvalue weighted by Gasteiger charge is -2.18. The molecule has 0 saturated carbocycles. The molecule has 0 saturated heterocycles. The van der Waals surface area contributed by atoms with Gasteiger partial charge in [-0.05, 0) is 83.5 Å². The van der Waals surface area contributed by atoms with E-state index >= 15 is 0 Å². The van der Waals surface area contributed by atoms with Crippen LogP contribution >= 0.6 is 23.2 Å². The number of hydrogen-bond donors (Lipinski definition) is 2. The fourth-order valence-corrected chi connectivity index (χ4v) is 5.68. The van der Waals surface area contributed by atoms with E-state index in [9.17, 15) is 4.79 Å². The molecule has 8 heteroatoms. The maximum Gasteiger partial charge on any atom is 0.217 e. The van der Waals surface area contributed by atoms with Gasteiger partial charge in [0, 0.05) is 19.4 Å². The Bertz CT molecular complexity index is 1470. The Morgan fingerprint density at radius 2 is 1.57 bits per heavy atom. The molecule has 4 rings (SSSR count). The van der Waals surface area contributed by atoms with E-state index in [1.54, 1.807) is 0 Å². The summed E-state index contributed by atoms with van der Waals surface area (Å²) >= 11 is 12.5. The highest BCUT2D eigenvalue weighted by atomic mass is 35.5. The van der Waals surface area contributed by atoms with E-state index in [2.05, 4.69) is 60.4 Å². The molecule has 42 heavy (non-hydrogen) atoms. The molecule has 1 unspecified atom stereocenters. The van der Waals surface area contributed by atoms with Crippen LogP contribution in [0.25, 0.3) is 11.1 Å². The van der Waals surface area contributed by atoms with E-state index in [1.807, 2.05) is 43.3 Å². The summed E-state index contributed by atoms with van der Waals surface area (Å²) < 4.78 is 11.6. The first kappa shape index (κ1) is 33.3. The van der Waals surface area contributed by atoms with Gasteiger partial charge in [0.15, 0.2) is 5.75 Å². The van der Waals surface area contributed by atoms with Gasteiger partial charge in [0.2, 0.25) is 5.91 Å². The molecule has 5 nitrogen and oxygen atoms in total. The number of ether oxygens (including phenoxy) is 2. The second-order valence-corrected chi connectivity index (χ2v) is 11.0. The number of halogens is 3. The summed E-state index contributed by atoms with van der Waals surface area (Å²) in [5.74, 6) is 1.52. The number of nitrogens with one attached hydrogen (secondary N) is 1. The maximum absolute atomic E-state index is 11.4. The van der Waals surface area contributed by atoms with Crippen molar-refractivity contribution >= 4 is 29.1 Å². The van der Waals surface area contributed by atoms with Gasteiger partial charge in [-0.1, -0.05) is 77.8 Å². The zero-order valence-corrected chi connectivity index (χ0v) is 26.5. The van der Waals surface area contributed by atoms with Crippen molar-refractivity contribution in [1.82, 2.24) is 5.32 Å². The highest BCUT2D eigenvalue weighted by Gasteiger charge is 2.17. The third-order valence-electron chi connectivity index (χ3n) is 7.06. The van der Waals surface area contributed by atoms with Crippen molar-refractivity contribution in [2.75, 3.05) is 19.8 Å². The van der Waals surface area contributed by atoms with Crippen LogP contribution in [0.1, 0.15) is 40.7 Å². The SMILES string of the molecule is CC(=O)NCc1ccccc1-c1ccc(C(C[NH3+])Cc2ccc(OCCOc3c(Cl)cc(C)cc3Cl)cc2)c(C)c1.[Cl-]. The van der Waals surface area contributed by atoms with Gasteiger partial charge in [-0.25, -0.2) is 0 Å². The summed E-state index contributed by atoms with van der Waals surface area (Å²) in [6.07, 6.45) is 0.886. The second-order valence-electron chi connectivity index (χ2n) is 10.2. The van der Waals surface area contributed by atoms with Crippen LogP contribution in [-0.2, 0) is 17.8 Å². The summed E-state index contributed by atoms with van der Waals surface area (Å²) in [6.45, 7) is 7.64. The number of carbonyl (C=O) groups excluding carboxylic acids is 1. The molecule has 0 aromatic heterocycles. The quantitative estimate of drug-likeness (QED) is 0.234. The summed E-state index contributed by atoms with van der Waals surface area (Å²) in [5, 5.41) is 3.90. The number of carbonyl (C=O) groups is 1. The minimum absolute atomic E-state index is 0. The van der Waals surface area contributed by atoms with Crippen molar-refractivity contribution in [1.29, 1.82) is 0 Å². The van der Waals surface area contributed by atoms with E-state index in [0.29, 0.717) is 41.5 Å². The minimum Gasteiger partial charge on any atom is -1.00 e. The van der Waals surface area contributed by atoms with Crippen LogP contribution in [0.2, 0.25) is 10.0 Å². The molecule has 0 aliphatic rings. The van der Waals surface area contributed by atoms with Gasteiger partial charge in [0.25, 0.3) is 0 Å². The van der Waals surface area contributed by atoms with Crippen molar-refractivity contribution < 1.29 is 32.4 Å². The Morgan fingerprint density at radius 1 is 0.905 bits per heavy atom. The normalized spacial score (nSPS) is 11.4. The maximum atomic E-state index is 11.4. The summed E-state index contributed by atoms with van der Waals surface area (Å²) in [4.78, 5) is 11.4. The van der Waals surface area contributed by atoms with Crippen LogP contribution < -0.4 is 32.9 Å². The summed E-state index contributed by atoms with van der Waals surface area (Å²) in [6, 6.07) is 26.7. The first-order chi connectivity index (χ1) is 19.7. The van der Waals surface area contributed by atoms with Crippen LogP contribution in [0.5, 0.6) is 11.5 Å². The fourth-order valence-electron chi connectivity index (χ4n) is 4.98. The highest BCUT2D eigenvalue weighted by Crippen LogP contribution is 2.34. The standard InChI is InChI=1S/C34H36Cl2N2O3.ClH/c1-22-16-32(35)34(33(36)17-22)41-15-14-40-29-11-8-25(9-12-29)19-28(20-37)30-13-10-26(18-23(30)2)31-7-5-4-6-27(31)21-38-24(3)39;/h4-13,16-18,28H,14-15,19-21,37H2,1-3H3,(H,38,39);1H. The molecule has 0 heterocycles. The molecule has 4 aromatic carbocycles. The number of hydrogen-bond acceptors (Lipinski definition) is 3. The van der Waals surface area contributed by atoms with Gasteiger partial charge < -0.3 is 32.9 Å². The Labute approximate surface area is 264 Å². The third-order valence-corrected chi connectivity index (χ3v) is 7.62. The Hall–Kier alpha value is -3.22. The molecule has 1 amide bonds.